The van der Waals surface area contributed by atoms with E-state index in [4.69, 9.17) is 5.11 Å². The van der Waals surface area contributed by atoms with Crippen molar-refractivity contribution in [2.45, 2.75) is 0 Å². The van der Waals surface area contributed by atoms with E-state index in [1.54, 1.807) is 5.38 Å². The molecule has 0 spiro atoms. The van der Waals surface area contributed by atoms with Crippen LogP contribution < -0.4 is 5.32 Å². The van der Waals surface area contributed by atoms with E-state index in [1.165, 1.54) is 11.3 Å². The Morgan fingerprint density at radius 2 is 2.19 bits per heavy atom. The number of carbonyl (C=O) groups is 1. The molecule has 0 amide bonds. The molecule has 4 nitrogen and oxygen atoms in total. The highest BCUT2D eigenvalue weighted by Crippen LogP contribution is 2.29. The monoisotopic (exact) mass is 234 g/mol. The SMILES string of the molecule is CNc1ccccc1-c1nc(C(=O)O)cs1. The quantitative estimate of drug-likeness (QED) is 0.856. The lowest BCUT2D eigenvalue weighted by molar-refractivity contribution is 0.0691. The third-order valence-corrected chi connectivity index (χ3v) is 3.03. The van der Waals surface area contributed by atoms with Gasteiger partial charge in [0.25, 0.3) is 0 Å². The maximum Gasteiger partial charge on any atom is 0.355 e. The van der Waals surface area contributed by atoms with Gasteiger partial charge in [-0.1, -0.05) is 12.1 Å². The van der Waals surface area contributed by atoms with E-state index in [0.29, 0.717) is 5.01 Å². The number of aromatic nitrogens is 1. The lowest BCUT2D eigenvalue weighted by Crippen LogP contribution is -1.96. The predicted molar refractivity (Wildman–Crippen MR) is 64.1 cm³/mol. The molecular weight excluding hydrogens is 224 g/mol. The number of nitrogens with zero attached hydrogens (tertiary/aromatic N) is 1. The summed E-state index contributed by atoms with van der Waals surface area (Å²) in [5.41, 5.74) is 1.95. The van der Waals surface area contributed by atoms with Gasteiger partial charge in [0.2, 0.25) is 0 Å². The molecule has 1 heterocycles. The molecule has 82 valence electrons. The number of anilines is 1. The van der Waals surface area contributed by atoms with Crippen LogP contribution in [0.4, 0.5) is 5.69 Å². The maximum atomic E-state index is 10.7. The lowest BCUT2D eigenvalue weighted by atomic mass is 10.2. The van der Waals surface area contributed by atoms with Gasteiger partial charge in [-0.3, -0.25) is 0 Å². The lowest BCUT2D eigenvalue weighted by Gasteiger charge is -2.04. The van der Waals surface area contributed by atoms with Gasteiger partial charge in [-0.25, -0.2) is 9.78 Å². The molecule has 0 saturated carbocycles. The van der Waals surface area contributed by atoms with Crippen molar-refractivity contribution in [3.63, 3.8) is 0 Å². The molecule has 0 aliphatic carbocycles. The zero-order chi connectivity index (χ0) is 11.5. The van der Waals surface area contributed by atoms with Gasteiger partial charge >= 0.3 is 5.97 Å². The first-order valence-electron chi connectivity index (χ1n) is 4.68. The van der Waals surface area contributed by atoms with Gasteiger partial charge in [0, 0.05) is 23.7 Å². The topological polar surface area (TPSA) is 62.2 Å². The van der Waals surface area contributed by atoms with Crippen LogP contribution in [0, 0.1) is 0 Å². The Labute approximate surface area is 96.6 Å². The Hall–Kier alpha value is -1.88. The summed E-state index contributed by atoms with van der Waals surface area (Å²) in [6, 6.07) is 7.66. The summed E-state index contributed by atoms with van der Waals surface area (Å²) in [4.78, 5) is 14.8. The molecular formula is C11H10N2O2S. The fraction of sp³-hybridized carbons (Fsp3) is 0.0909. The van der Waals surface area contributed by atoms with Gasteiger partial charge in [0.05, 0.1) is 0 Å². The van der Waals surface area contributed by atoms with Crippen molar-refractivity contribution in [1.82, 2.24) is 4.98 Å². The van der Waals surface area contributed by atoms with Crippen molar-refractivity contribution in [2.75, 3.05) is 12.4 Å². The van der Waals surface area contributed by atoms with Gasteiger partial charge in [-0.05, 0) is 12.1 Å². The van der Waals surface area contributed by atoms with Crippen molar-refractivity contribution in [3.8, 4) is 10.6 Å². The van der Waals surface area contributed by atoms with E-state index in [1.807, 2.05) is 31.3 Å². The normalized spacial score (nSPS) is 10.1. The fourth-order valence-corrected chi connectivity index (χ4v) is 2.22. The number of hydrogen-bond acceptors (Lipinski definition) is 4. The second kappa shape index (κ2) is 4.32. The van der Waals surface area contributed by atoms with E-state index in [-0.39, 0.29) is 5.69 Å². The van der Waals surface area contributed by atoms with E-state index >= 15 is 0 Å². The molecule has 2 N–H and O–H groups in total. The van der Waals surface area contributed by atoms with Crippen molar-refractivity contribution in [2.24, 2.45) is 0 Å². The molecule has 1 aromatic carbocycles. The minimum absolute atomic E-state index is 0.0888. The van der Waals surface area contributed by atoms with Crippen LogP contribution in [-0.4, -0.2) is 23.1 Å². The smallest absolute Gasteiger partial charge is 0.355 e. The van der Waals surface area contributed by atoms with Crippen molar-refractivity contribution in [1.29, 1.82) is 0 Å². The summed E-state index contributed by atoms with van der Waals surface area (Å²) in [5.74, 6) is -0.996. The molecule has 0 atom stereocenters. The van der Waals surface area contributed by atoms with Crippen LogP contribution in [0.3, 0.4) is 0 Å². The number of hydrogen-bond donors (Lipinski definition) is 2. The van der Waals surface area contributed by atoms with E-state index in [0.717, 1.165) is 11.3 Å². The molecule has 0 aliphatic heterocycles. The number of aromatic carboxylic acids is 1. The molecule has 0 bridgehead atoms. The molecule has 5 heteroatoms. The van der Waals surface area contributed by atoms with Crippen LogP contribution >= 0.6 is 11.3 Å². The average Bonchev–Trinajstić information content (AvgIpc) is 2.78. The number of rotatable bonds is 3. The molecule has 2 rings (SSSR count). The third kappa shape index (κ3) is 1.90. The Morgan fingerprint density at radius 3 is 2.81 bits per heavy atom. The van der Waals surface area contributed by atoms with Gasteiger partial charge in [-0.2, -0.15) is 0 Å². The molecule has 2 aromatic rings. The second-order valence-corrected chi connectivity index (χ2v) is 4.00. The van der Waals surface area contributed by atoms with E-state index < -0.39 is 5.97 Å². The van der Waals surface area contributed by atoms with Crippen LogP contribution in [0.15, 0.2) is 29.6 Å². The fourth-order valence-electron chi connectivity index (χ4n) is 1.38. The number of thiazole rings is 1. The second-order valence-electron chi connectivity index (χ2n) is 3.14. The highest BCUT2D eigenvalue weighted by atomic mass is 32.1. The van der Waals surface area contributed by atoms with Crippen LogP contribution in [0.1, 0.15) is 10.5 Å². The Balaban J connectivity index is 2.46. The molecule has 0 radical (unpaired) electrons. The number of benzene rings is 1. The predicted octanol–water partition coefficient (Wildman–Crippen LogP) is 2.55. The van der Waals surface area contributed by atoms with Gasteiger partial charge in [0.15, 0.2) is 5.69 Å². The first-order chi connectivity index (χ1) is 7.72. The Morgan fingerprint density at radius 1 is 1.44 bits per heavy atom. The molecule has 1 aromatic heterocycles. The van der Waals surface area contributed by atoms with Gasteiger partial charge < -0.3 is 10.4 Å². The van der Waals surface area contributed by atoms with Gasteiger partial charge in [-0.15, -0.1) is 11.3 Å². The van der Waals surface area contributed by atoms with E-state index in [9.17, 15) is 4.79 Å². The summed E-state index contributed by atoms with van der Waals surface area (Å²) in [6.45, 7) is 0. The summed E-state index contributed by atoms with van der Waals surface area (Å²) in [6.07, 6.45) is 0. The van der Waals surface area contributed by atoms with Crippen molar-refractivity contribution in [3.05, 3.63) is 35.3 Å². The Bertz CT molecular complexity index is 522. The first-order valence-corrected chi connectivity index (χ1v) is 5.56. The van der Waals surface area contributed by atoms with Crippen molar-refractivity contribution < 1.29 is 9.90 Å². The Kier molecular flexibility index (Phi) is 2.87. The largest absolute Gasteiger partial charge is 0.476 e. The third-order valence-electron chi connectivity index (χ3n) is 2.15. The van der Waals surface area contributed by atoms with E-state index in [2.05, 4.69) is 10.3 Å². The van der Waals surface area contributed by atoms with Crippen LogP contribution in [-0.2, 0) is 0 Å². The molecule has 0 unspecified atom stereocenters. The zero-order valence-corrected chi connectivity index (χ0v) is 9.41. The number of para-hydroxylation sites is 1. The standard InChI is InChI=1S/C11H10N2O2S/c1-12-8-5-3-2-4-7(8)10-13-9(6-16-10)11(14)15/h2-6,12H,1H3,(H,14,15). The number of carboxylic acid groups (broad SMARTS) is 1. The zero-order valence-electron chi connectivity index (χ0n) is 8.60. The maximum absolute atomic E-state index is 10.7. The molecule has 0 fully saturated rings. The summed E-state index contributed by atoms with van der Waals surface area (Å²) < 4.78 is 0. The summed E-state index contributed by atoms with van der Waals surface area (Å²) >= 11 is 1.33. The number of nitrogens with one attached hydrogen (secondary N) is 1. The molecule has 0 saturated heterocycles. The number of carboxylic acids is 1. The van der Waals surface area contributed by atoms with Crippen LogP contribution in [0.25, 0.3) is 10.6 Å². The molecule has 0 aliphatic rings. The average molecular weight is 234 g/mol. The molecule has 16 heavy (non-hydrogen) atoms. The first kappa shape index (κ1) is 10.6. The highest BCUT2D eigenvalue weighted by Gasteiger charge is 2.11. The minimum atomic E-state index is -0.996. The van der Waals surface area contributed by atoms with Crippen LogP contribution in [0.5, 0.6) is 0 Å². The van der Waals surface area contributed by atoms with Crippen molar-refractivity contribution >= 4 is 23.0 Å². The minimum Gasteiger partial charge on any atom is -0.476 e. The summed E-state index contributed by atoms with van der Waals surface area (Å²) in [7, 11) is 1.82. The summed E-state index contributed by atoms with van der Waals surface area (Å²) in [5, 5.41) is 14.1. The highest BCUT2D eigenvalue weighted by molar-refractivity contribution is 7.13. The van der Waals surface area contributed by atoms with Gasteiger partial charge in [0.1, 0.15) is 5.01 Å². The van der Waals surface area contributed by atoms with Crippen LogP contribution in [0.2, 0.25) is 0 Å².